The Morgan fingerprint density at radius 3 is 3.12 bits per heavy atom. The first-order chi connectivity index (χ1) is 7.67. The average Bonchev–Trinajstić information content (AvgIpc) is 2.84. The number of rotatable bonds is 1. The fourth-order valence-corrected chi connectivity index (χ4v) is 2.32. The van der Waals surface area contributed by atoms with Crippen molar-refractivity contribution in [2.75, 3.05) is 13.1 Å². The Bertz CT molecular complexity index is 529. The molecule has 0 radical (unpaired) electrons. The van der Waals surface area contributed by atoms with Crippen LogP contribution in [0.3, 0.4) is 0 Å². The predicted molar refractivity (Wildman–Crippen MR) is 63.9 cm³/mol. The summed E-state index contributed by atoms with van der Waals surface area (Å²) in [5.41, 5.74) is 1.68. The molecule has 0 bridgehead atoms. The van der Waals surface area contributed by atoms with Crippen LogP contribution in [-0.4, -0.2) is 18.1 Å². The molecule has 0 saturated carbocycles. The zero-order valence-corrected chi connectivity index (χ0v) is 9.84. The van der Waals surface area contributed by atoms with Crippen LogP contribution in [0.1, 0.15) is 19.2 Å². The Balaban J connectivity index is 2.11. The molecule has 1 atom stereocenters. The van der Waals surface area contributed by atoms with Gasteiger partial charge in [0.25, 0.3) is 0 Å². The third-order valence-electron chi connectivity index (χ3n) is 3.23. The number of fused-ring (bicyclic) bond motifs is 1. The van der Waals surface area contributed by atoms with Crippen molar-refractivity contribution >= 4 is 22.7 Å². The Kier molecular flexibility index (Phi) is 2.19. The first-order valence-corrected chi connectivity index (χ1v) is 5.82. The lowest BCUT2D eigenvalue weighted by Crippen LogP contribution is -2.25. The van der Waals surface area contributed by atoms with E-state index >= 15 is 0 Å². The Hall–Kier alpha value is -1.06. The van der Waals surface area contributed by atoms with Crippen LogP contribution in [0.25, 0.3) is 11.1 Å². The molecule has 1 aromatic heterocycles. The summed E-state index contributed by atoms with van der Waals surface area (Å²) in [5, 5.41) is 4.04. The summed E-state index contributed by atoms with van der Waals surface area (Å²) in [4.78, 5) is 4.54. The van der Waals surface area contributed by atoms with Crippen LogP contribution >= 0.6 is 11.6 Å². The molecule has 0 aliphatic carbocycles. The summed E-state index contributed by atoms with van der Waals surface area (Å²) < 4.78 is 5.80. The minimum atomic E-state index is 0.0193. The lowest BCUT2D eigenvalue weighted by molar-refractivity contribution is 0.382. The quantitative estimate of drug-likeness (QED) is 0.828. The van der Waals surface area contributed by atoms with E-state index < -0.39 is 0 Å². The topological polar surface area (TPSA) is 38.1 Å². The van der Waals surface area contributed by atoms with Crippen LogP contribution < -0.4 is 5.32 Å². The molecule has 1 fully saturated rings. The van der Waals surface area contributed by atoms with E-state index in [0.717, 1.165) is 36.5 Å². The highest BCUT2D eigenvalue weighted by Crippen LogP contribution is 2.32. The van der Waals surface area contributed by atoms with E-state index in [2.05, 4.69) is 17.2 Å². The Morgan fingerprint density at radius 1 is 1.50 bits per heavy atom. The molecule has 1 aliphatic rings. The summed E-state index contributed by atoms with van der Waals surface area (Å²) in [6.07, 6.45) is 1.06. The second kappa shape index (κ2) is 3.47. The molecule has 1 aliphatic heterocycles. The van der Waals surface area contributed by atoms with Crippen LogP contribution in [0.4, 0.5) is 0 Å². The minimum absolute atomic E-state index is 0.0193. The number of oxazole rings is 1. The summed E-state index contributed by atoms with van der Waals surface area (Å²) >= 11 is 5.93. The lowest BCUT2D eigenvalue weighted by Gasteiger charge is -2.16. The summed E-state index contributed by atoms with van der Waals surface area (Å²) in [5.74, 6) is 0.815. The van der Waals surface area contributed by atoms with Gasteiger partial charge in [-0.1, -0.05) is 11.6 Å². The third kappa shape index (κ3) is 1.51. The highest BCUT2D eigenvalue weighted by molar-refractivity contribution is 6.31. The van der Waals surface area contributed by atoms with Crippen molar-refractivity contribution < 1.29 is 4.42 Å². The number of hydrogen-bond acceptors (Lipinski definition) is 3. The Morgan fingerprint density at radius 2 is 2.38 bits per heavy atom. The predicted octanol–water partition coefficient (Wildman–Crippen LogP) is 2.73. The molecule has 1 aromatic carbocycles. The molecule has 0 amide bonds. The van der Waals surface area contributed by atoms with E-state index in [4.69, 9.17) is 16.0 Å². The molecule has 4 heteroatoms. The van der Waals surface area contributed by atoms with Crippen LogP contribution in [0.2, 0.25) is 5.02 Å². The SMILES string of the molecule is CC1(c2nc3cc(Cl)ccc3o2)CCNC1. The second-order valence-corrected chi connectivity index (χ2v) is 5.05. The summed E-state index contributed by atoms with van der Waals surface area (Å²) in [6, 6.07) is 5.55. The normalized spacial score (nSPS) is 25.4. The summed E-state index contributed by atoms with van der Waals surface area (Å²) in [6.45, 7) is 4.13. The summed E-state index contributed by atoms with van der Waals surface area (Å²) in [7, 11) is 0. The van der Waals surface area contributed by atoms with Gasteiger partial charge in [0, 0.05) is 11.6 Å². The maximum atomic E-state index is 5.93. The van der Waals surface area contributed by atoms with E-state index in [1.54, 1.807) is 0 Å². The zero-order chi connectivity index (χ0) is 11.2. The molecule has 84 valence electrons. The van der Waals surface area contributed by atoms with Crippen molar-refractivity contribution in [2.45, 2.75) is 18.8 Å². The number of halogens is 1. The van der Waals surface area contributed by atoms with E-state index in [1.807, 2.05) is 18.2 Å². The molecule has 1 saturated heterocycles. The highest BCUT2D eigenvalue weighted by atomic mass is 35.5. The van der Waals surface area contributed by atoms with Crippen molar-refractivity contribution in [1.29, 1.82) is 0 Å². The molecular formula is C12H13ClN2O. The first kappa shape index (κ1) is 10.1. The number of benzene rings is 1. The van der Waals surface area contributed by atoms with Gasteiger partial charge in [0.15, 0.2) is 5.58 Å². The fourth-order valence-electron chi connectivity index (χ4n) is 2.16. The van der Waals surface area contributed by atoms with Crippen LogP contribution in [-0.2, 0) is 5.41 Å². The maximum absolute atomic E-state index is 5.93. The van der Waals surface area contributed by atoms with Gasteiger partial charge in [-0.2, -0.15) is 0 Å². The molecule has 1 N–H and O–H groups in total. The van der Waals surface area contributed by atoms with Gasteiger partial charge in [0.05, 0.1) is 5.41 Å². The zero-order valence-electron chi connectivity index (χ0n) is 9.09. The molecule has 0 spiro atoms. The molecular weight excluding hydrogens is 224 g/mol. The third-order valence-corrected chi connectivity index (χ3v) is 3.47. The molecule has 2 aromatic rings. The Labute approximate surface area is 98.8 Å². The van der Waals surface area contributed by atoms with Crippen molar-refractivity contribution in [2.24, 2.45) is 0 Å². The molecule has 3 rings (SSSR count). The first-order valence-electron chi connectivity index (χ1n) is 5.45. The smallest absolute Gasteiger partial charge is 0.202 e. The number of nitrogens with zero attached hydrogens (tertiary/aromatic N) is 1. The average molecular weight is 237 g/mol. The van der Waals surface area contributed by atoms with Gasteiger partial charge in [-0.15, -0.1) is 0 Å². The van der Waals surface area contributed by atoms with Crippen molar-refractivity contribution in [3.05, 3.63) is 29.1 Å². The molecule has 3 nitrogen and oxygen atoms in total. The van der Waals surface area contributed by atoms with Gasteiger partial charge in [-0.25, -0.2) is 4.98 Å². The molecule has 2 heterocycles. The molecule has 16 heavy (non-hydrogen) atoms. The molecule has 1 unspecified atom stereocenters. The largest absolute Gasteiger partial charge is 0.440 e. The van der Waals surface area contributed by atoms with Gasteiger partial charge in [-0.3, -0.25) is 0 Å². The van der Waals surface area contributed by atoms with Gasteiger partial charge in [0.2, 0.25) is 5.89 Å². The van der Waals surface area contributed by atoms with Gasteiger partial charge < -0.3 is 9.73 Å². The van der Waals surface area contributed by atoms with Crippen molar-refractivity contribution in [3.8, 4) is 0 Å². The highest BCUT2D eigenvalue weighted by Gasteiger charge is 2.35. The van der Waals surface area contributed by atoms with Crippen LogP contribution in [0.5, 0.6) is 0 Å². The van der Waals surface area contributed by atoms with Gasteiger partial charge in [0.1, 0.15) is 5.52 Å². The van der Waals surface area contributed by atoms with Gasteiger partial charge in [-0.05, 0) is 38.1 Å². The second-order valence-electron chi connectivity index (χ2n) is 4.62. The number of nitrogens with one attached hydrogen (secondary N) is 1. The van der Waals surface area contributed by atoms with Gasteiger partial charge >= 0.3 is 0 Å². The monoisotopic (exact) mass is 236 g/mol. The van der Waals surface area contributed by atoms with Crippen LogP contribution in [0.15, 0.2) is 22.6 Å². The number of hydrogen-bond donors (Lipinski definition) is 1. The minimum Gasteiger partial charge on any atom is -0.440 e. The number of aromatic nitrogens is 1. The van der Waals surface area contributed by atoms with Crippen molar-refractivity contribution in [1.82, 2.24) is 10.3 Å². The lowest BCUT2D eigenvalue weighted by atomic mass is 9.90. The van der Waals surface area contributed by atoms with E-state index in [9.17, 15) is 0 Å². The van der Waals surface area contributed by atoms with E-state index in [0.29, 0.717) is 5.02 Å². The van der Waals surface area contributed by atoms with Crippen LogP contribution in [0, 0.1) is 0 Å². The van der Waals surface area contributed by atoms with Crippen molar-refractivity contribution in [3.63, 3.8) is 0 Å². The maximum Gasteiger partial charge on any atom is 0.202 e. The van der Waals surface area contributed by atoms with E-state index in [-0.39, 0.29) is 5.41 Å². The fraction of sp³-hybridized carbons (Fsp3) is 0.417. The standard InChI is InChI=1S/C12H13ClN2O/c1-12(4-5-14-7-12)11-15-9-6-8(13)2-3-10(9)16-11/h2-3,6,14H,4-5,7H2,1H3. The van der Waals surface area contributed by atoms with E-state index in [1.165, 1.54) is 0 Å².